The third-order valence-corrected chi connectivity index (χ3v) is 5.38. The minimum absolute atomic E-state index is 0.0143. The van der Waals surface area contributed by atoms with Crippen LogP contribution in [0.4, 0.5) is 18.9 Å². The zero-order chi connectivity index (χ0) is 25.9. The van der Waals surface area contributed by atoms with Gasteiger partial charge in [0.1, 0.15) is 12.4 Å². The second kappa shape index (κ2) is 10.1. The third-order valence-electron chi connectivity index (χ3n) is 5.38. The summed E-state index contributed by atoms with van der Waals surface area (Å²) in [5.74, 6) is 0.492. The summed E-state index contributed by atoms with van der Waals surface area (Å²) >= 11 is 0. The van der Waals surface area contributed by atoms with E-state index in [4.69, 9.17) is 4.74 Å². The average Bonchev–Trinajstić information content (AvgIpc) is 2.86. The van der Waals surface area contributed by atoms with Crippen LogP contribution in [0.1, 0.15) is 11.1 Å². The van der Waals surface area contributed by atoms with Gasteiger partial charge in [0.25, 0.3) is 5.56 Å². The van der Waals surface area contributed by atoms with E-state index < -0.39 is 17.3 Å². The molecule has 0 bridgehead atoms. The molecule has 0 aliphatic carbocycles. The first-order chi connectivity index (χ1) is 17.2. The van der Waals surface area contributed by atoms with Crippen LogP contribution in [-0.2, 0) is 6.18 Å². The van der Waals surface area contributed by atoms with Gasteiger partial charge in [0.05, 0.1) is 22.7 Å². The Bertz CT molecular complexity index is 1510. The van der Waals surface area contributed by atoms with Gasteiger partial charge in [0.15, 0.2) is 5.82 Å². The molecule has 3 aromatic carbocycles. The van der Waals surface area contributed by atoms with E-state index in [0.717, 1.165) is 22.5 Å². The second-order valence-electron chi connectivity index (χ2n) is 8.11. The van der Waals surface area contributed by atoms with Gasteiger partial charge in [0, 0.05) is 37.0 Å². The van der Waals surface area contributed by atoms with Gasteiger partial charge in [-0.2, -0.15) is 22.9 Å². The van der Waals surface area contributed by atoms with E-state index in [2.05, 4.69) is 16.7 Å². The second-order valence-corrected chi connectivity index (χ2v) is 8.11. The molecule has 0 aliphatic heterocycles. The fraction of sp³-hybridized carbons (Fsp3) is 0.148. The predicted octanol–water partition coefficient (Wildman–Crippen LogP) is 5.60. The maximum absolute atomic E-state index is 13.4. The normalized spacial score (nSPS) is 11.7. The number of nitrogens with zero attached hydrogens (tertiary/aromatic N) is 4. The average molecular weight is 493 g/mol. The molecular weight excluding hydrogens is 469 g/mol. The van der Waals surface area contributed by atoms with Crippen LogP contribution in [0.5, 0.6) is 5.75 Å². The lowest BCUT2D eigenvalue weighted by atomic mass is 10.1. The van der Waals surface area contributed by atoms with Gasteiger partial charge in [-0.05, 0) is 36.4 Å². The molecule has 1 heterocycles. The molecule has 9 heteroatoms. The Hall–Kier alpha value is -4.40. The van der Waals surface area contributed by atoms with Gasteiger partial charge >= 0.3 is 6.18 Å². The van der Waals surface area contributed by atoms with Crippen molar-refractivity contribution in [1.29, 1.82) is 0 Å². The number of hydrogen-bond acceptors (Lipinski definition) is 5. The molecule has 184 valence electrons. The number of ether oxygens (including phenoxy) is 1. The molecular formula is C27H23F3N4O2. The van der Waals surface area contributed by atoms with Crippen LogP contribution in [0.15, 0.2) is 89.3 Å². The highest BCUT2D eigenvalue weighted by atomic mass is 19.4. The van der Waals surface area contributed by atoms with Gasteiger partial charge in [0.2, 0.25) is 0 Å². The van der Waals surface area contributed by atoms with Gasteiger partial charge < -0.3 is 9.64 Å². The summed E-state index contributed by atoms with van der Waals surface area (Å²) in [5.41, 5.74) is 0.556. The number of halogens is 3. The lowest BCUT2D eigenvalue weighted by Crippen LogP contribution is -2.20. The fourth-order valence-electron chi connectivity index (χ4n) is 3.55. The number of fused-ring (bicyclic) bond motifs is 1. The highest BCUT2D eigenvalue weighted by Gasteiger charge is 2.31. The number of para-hydroxylation sites is 1. The van der Waals surface area contributed by atoms with Crippen LogP contribution >= 0.6 is 0 Å². The molecule has 0 atom stereocenters. The van der Waals surface area contributed by atoms with Crippen LogP contribution in [0, 0.1) is 0 Å². The molecule has 0 aliphatic rings. The SMILES string of the molecule is C=CCOc1cc(N(C)C)ccc1C=Nn1c(-c2cccc(C(F)(F)F)c2)nc2ccccc2c1=O. The van der Waals surface area contributed by atoms with E-state index in [-0.39, 0.29) is 23.4 Å². The summed E-state index contributed by atoms with van der Waals surface area (Å²) in [6.45, 7) is 3.92. The van der Waals surface area contributed by atoms with E-state index in [0.29, 0.717) is 16.8 Å². The van der Waals surface area contributed by atoms with Crippen molar-refractivity contribution in [3.8, 4) is 17.1 Å². The summed E-state index contributed by atoms with van der Waals surface area (Å²) in [6.07, 6.45) is -1.52. The Balaban J connectivity index is 1.90. The van der Waals surface area contributed by atoms with E-state index >= 15 is 0 Å². The number of rotatable bonds is 7. The summed E-state index contributed by atoms with van der Waals surface area (Å²) in [6, 6.07) is 16.7. The van der Waals surface area contributed by atoms with Crippen molar-refractivity contribution in [2.75, 3.05) is 25.6 Å². The zero-order valence-electron chi connectivity index (χ0n) is 19.7. The first-order valence-corrected chi connectivity index (χ1v) is 11.0. The molecule has 0 fully saturated rings. The van der Waals surface area contributed by atoms with Crippen LogP contribution in [0.2, 0.25) is 0 Å². The Labute approximate surface area is 205 Å². The summed E-state index contributed by atoms with van der Waals surface area (Å²) in [4.78, 5) is 19.8. The van der Waals surface area contributed by atoms with Gasteiger partial charge in [-0.1, -0.05) is 36.9 Å². The van der Waals surface area contributed by atoms with Crippen LogP contribution in [0.25, 0.3) is 22.3 Å². The lowest BCUT2D eigenvalue weighted by molar-refractivity contribution is -0.137. The molecule has 6 nitrogen and oxygen atoms in total. The number of benzene rings is 3. The van der Waals surface area contributed by atoms with Crippen molar-refractivity contribution in [3.05, 3.63) is 101 Å². The molecule has 4 rings (SSSR count). The number of alkyl halides is 3. The lowest BCUT2D eigenvalue weighted by Gasteiger charge is -2.16. The third kappa shape index (κ3) is 5.14. The van der Waals surface area contributed by atoms with E-state index in [1.807, 2.05) is 31.1 Å². The molecule has 0 N–H and O–H groups in total. The molecule has 0 saturated carbocycles. The van der Waals surface area contributed by atoms with Gasteiger partial charge in [-0.3, -0.25) is 4.79 Å². The highest BCUT2D eigenvalue weighted by Crippen LogP contribution is 2.32. The first-order valence-electron chi connectivity index (χ1n) is 11.0. The van der Waals surface area contributed by atoms with Crippen molar-refractivity contribution < 1.29 is 17.9 Å². The van der Waals surface area contributed by atoms with E-state index in [1.165, 1.54) is 18.3 Å². The molecule has 0 saturated heterocycles. The van der Waals surface area contributed by atoms with Crippen molar-refractivity contribution in [2.24, 2.45) is 5.10 Å². The largest absolute Gasteiger partial charge is 0.489 e. The van der Waals surface area contributed by atoms with Crippen LogP contribution in [-0.4, -0.2) is 36.6 Å². The highest BCUT2D eigenvalue weighted by molar-refractivity contribution is 5.85. The van der Waals surface area contributed by atoms with Crippen LogP contribution in [0.3, 0.4) is 0 Å². The molecule has 0 amide bonds. The smallest absolute Gasteiger partial charge is 0.416 e. The Morgan fingerprint density at radius 2 is 1.86 bits per heavy atom. The Morgan fingerprint density at radius 1 is 1.08 bits per heavy atom. The monoisotopic (exact) mass is 492 g/mol. The maximum atomic E-state index is 13.4. The Kier molecular flexibility index (Phi) is 6.91. The fourth-order valence-corrected chi connectivity index (χ4v) is 3.55. The number of aromatic nitrogens is 2. The topological polar surface area (TPSA) is 59.7 Å². The summed E-state index contributed by atoms with van der Waals surface area (Å²) in [5, 5.41) is 4.64. The van der Waals surface area contributed by atoms with Crippen molar-refractivity contribution >= 4 is 22.8 Å². The molecule has 4 aromatic rings. The van der Waals surface area contributed by atoms with Gasteiger partial charge in [-0.15, -0.1) is 0 Å². The van der Waals surface area contributed by atoms with Gasteiger partial charge in [-0.25, -0.2) is 4.98 Å². The quantitative estimate of drug-likeness (QED) is 0.249. The maximum Gasteiger partial charge on any atom is 0.416 e. The zero-order valence-corrected chi connectivity index (χ0v) is 19.7. The van der Waals surface area contributed by atoms with E-state index in [9.17, 15) is 18.0 Å². The Morgan fingerprint density at radius 3 is 2.58 bits per heavy atom. The van der Waals surface area contributed by atoms with Crippen molar-refractivity contribution in [3.63, 3.8) is 0 Å². The molecule has 0 radical (unpaired) electrons. The summed E-state index contributed by atoms with van der Waals surface area (Å²) in [7, 11) is 3.78. The standard InChI is InChI=1S/C27H23F3N4O2/c1-4-14-36-24-16-21(33(2)3)13-12-19(24)17-31-34-25(18-8-7-9-20(15-18)27(28,29)30)32-23-11-6-5-10-22(23)26(34)35/h4-13,15-17H,1,14H2,2-3H3. The minimum Gasteiger partial charge on any atom is -0.489 e. The van der Waals surface area contributed by atoms with Crippen LogP contribution < -0.4 is 15.2 Å². The van der Waals surface area contributed by atoms with Crippen molar-refractivity contribution in [2.45, 2.75) is 6.18 Å². The molecule has 36 heavy (non-hydrogen) atoms. The number of hydrogen-bond donors (Lipinski definition) is 0. The summed E-state index contributed by atoms with van der Waals surface area (Å²) < 4.78 is 46.9. The van der Waals surface area contributed by atoms with Crippen molar-refractivity contribution in [1.82, 2.24) is 9.66 Å². The molecule has 1 aromatic heterocycles. The predicted molar refractivity (Wildman–Crippen MR) is 136 cm³/mol. The minimum atomic E-state index is -4.55. The molecule has 0 unspecified atom stereocenters. The first kappa shape index (κ1) is 24.7. The number of anilines is 1. The van der Waals surface area contributed by atoms with E-state index in [1.54, 1.807) is 36.4 Å². The molecule has 0 spiro atoms.